The van der Waals surface area contributed by atoms with Crippen LogP contribution in [0, 0.1) is 10.8 Å². The summed E-state index contributed by atoms with van der Waals surface area (Å²) in [5.41, 5.74) is -0.157. The molecule has 0 fully saturated rings. The predicted octanol–water partition coefficient (Wildman–Crippen LogP) is 4.78. The Morgan fingerprint density at radius 3 is 2.12 bits per heavy atom. The van der Waals surface area contributed by atoms with Gasteiger partial charge in [-0.1, -0.05) is 41.2 Å². The zero-order chi connectivity index (χ0) is 19.0. The average Bonchev–Trinajstić information content (AvgIpc) is 2.43. The van der Waals surface area contributed by atoms with Gasteiger partial charge in [-0.15, -0.1) is 0 Å². The molecule has 0 aliphatic carbocycles. The van der Waals surface area contributed by atoms with Crippen molar-refractivity contribution in [3.63, 3.8) is 0 Å². The second-order valence-electron chi connectivity index (χ2n) is 9.31. The molecule has 142 valence electrons. The Hall–Kier alpha value is -0.830. The number of hydrogen-bond donors (Lipinski definition) is 1. The van der Waals surface area contributed by atoms with E-state index in [9.17, 15) is 4.79 Å². The van der Waals surface area contributed by atoms with Crippen LogP contribution >= 0.6 is 0 Å². The van der Waals surface area contributed by atoms with Crippen molar-refractivity contribution in [1.29, 1.82) is 0 Å². The Kier molecular flexibility index (Phi) is 9.27. The Morgan fingerprint density at radius 2 is 1.71 bits per heavy atom. The molecule has 0 saturated heterocycles. The summed E-state index contributed by atoms with van der Waals surface area (Å²) in [4.78, 5) is 12.6. The van der Waals surface area contributed by atoms with Crippen LogP contribution < -0.4 is 5.32 Å². The van der Waals surface area contributed by atoms with Gasteiger partial charge >= 0.3 is 0 Å². The first-order chi connectivity index (χ1) is 10.9. The van der Waals surface area contributed by atoms with E-state index in [1.807, 2.05) is 6.08 Å². The van der Waals surface area contributed by atoms with E-state index in [-0.39, 0.29) is 22.8 Å². The van der Waals surface area contributed by atoms with Gasteiger partial charge < -0.3 is 9.80 Å². The zero-order valence-corrected chi connectivity index (χ0v) is 17.7. The molecule has 0 aromatic rings. The highest BCUT2D eigenvalue weighted by Gasteiger charge is 2.33. The average molecular weight is 340 g/mol. The Labute approximate surface area is 151 Å². The Bertz CT molecular complexity index is 389. The summed E-state index contributed by atoms with van der Waals surface area (Å²) in [5.74, 6) is 0.183. The fourth-order valence-corrected chi connectivity index (χ4v) is 3.79. The van der Waals surface area contributed by atoms with Crippen molar-refractivity contribution in [3.05, 3.63) is 12.7 Å². The van der Waals surface area contributed by atoms with Crippen LogP contribution in [-0.4, -0.2) is 42.6 Å². The number of carbonyl (C=O) groups is 1. The molecule has 0 aromatic heterocycles. The van der Waals surface area contributed by atoms with Gasteiger partial charge in [0.05, 0.1) is 26.2 Å². The predicted molar refractivity (Wildman–Crippen MR) is 106 cm³/mol. The molecule has 0 aliphatic heterocycles. The highest BCUT2D eigenvalue weighted by Crippen LogP contribution is 2.33. The lowest BCUT2D eigenvalue weighted by Gasteiger charge is -2.36. The van der Waals surface area contributed by atoms with Crippen LogP contribution in [0.4, 0.5) is 0 Å². The summed E-state index contributed by atoms with van der Waals surface area (Å²) in [6.45, 7) is 25.7. The molecule has 0 radical (unpaired) electrons. The molecule has 0 saturated carbocycles. The molecule has 3 heteroatoms. The van der Waals surface area contributed by atoms with Gasteiger partial charge in [-0.2, -0.15) is 0 Å². The van der Waals surface area contributed by atoms with Crippen LogP contribution in [0.5, 0.6) is 0 Å². The summed E-state index contributed by atoms with van der Waals surface area (Å²) in [5, 5.41) is 3.23. The highest BCUT2D eigenvalue weighted by molar-refractivity contribution is 5.82. The van der Waals surface area contributed by atoms with E-state index >= 15 is 0 Å². The van der Waals surface area contributed by atoms with Gasteiger partial charge in [0.2, 0.25) is 5.91 Å². The van der Waals surface area contributed by atoms with E-state index < -0.39 is 0 Å². The van der Waals surface area contributed by atoms with Crippen molar-refractivity contribution in [2.45, 2.75) is 80.7 Å². The molecule has 1 atom stereocenters. The van der Waals surface area contributed by atoms with Crippen molar-refractivity contribution in [3.8, 4) is 0 Å². The molecular weight excluding hydrogens is 296 g/mol. The maximum Gasteiger partial charge on any atom is 0.225 e. The fourth-order valence-electron chi connectivity index (χ4n) is 3.79. The van der Waals surface area contributed by atoms with Crippen LogP contribution in [0.3, 0.4) is 0 Å². The fraction of sp³-hybridized carbons (Fsp3) is 0.857. The molecule has 3 nitrogen and oxygen atoms in total. The molecule has 0 rings (SSSR count). The number of amides is 1. The number of hydrogen-bond acceptors (Lipinski definition) is 1. The quantitative estimate of drug-likeness (QED) is 0.426. The van der Waals surface area contributed by atoms with Gasteiger partial charge in [0.25, 0.3) is 0 Å². The standard InChI is InChI=1S/C21H42N2O/c1-10-15-23(11-2,12-3)16-13-14-18(4)22-19(24)21(8,9)17-20(5,6)7/h10,18H,1,11-17H2,2-9H3/p+1. The van der Waals surface area contributed by atoms with Gasteiger partial charge in [-0.25, -0.2) is 0 Å². The van der Waals surface area contributed by atoms with E-state index in [4.69, 9.17) is 0 Å². The third kappa shape index (κ3) is 8.32. The van der Waals surface area contributed by atoms with E-state index in [0.717, 1.165) is 49.9 Å². The SMILES string of the molecule is C=CC[N+](CC)(CC)CCCC(C)NC(=O)C(C)(C)CC(C)(C)C. The van der Waals surface area contributed by atoms with E-state index in [1.54, 1.807) is 0 Å². The number of carbonyl (C=O) groups excluding carboxylic acids is 1. The Morgan fingerprint density at radius 1 is 1.17 bits per heavy atom. The number of nitrogens with one attached hydrogen (secondary N) is 1. The third-order valence-corrected chi connectivity index (χ3v) is 5.09. The lowest BCUT2D eigenvalue weighted by molar-refractivity contribution is -0.919. The molecule has 0 aliphatic rings. The maximum absolute atomic E-state index is 12.6. The van der Waals surface area contributed by atoms with Crippen molar-refractivity contribution in [2.24, 2.45) is 10.8 Å². The van der Waals surface area contributed by atoms with Crippen molar-refractivity contribution < 1.29 is 9.28 Å². The van der Waals surface area contributed by atoms with Crippen molar-refractivity contribution in [2.75, 3.05) is 26.2 Å². The summed E-state index contributed by atoms with van der Waals surface area (Å²) < 4.78 is 1.10. The number of likely N-dealkylation sites (N-methyl/N-ethyl adjacent to an activating group) is 1. The molecule has 0 heterocycles. The van der Waals surface area contributed by atoms with Gasteiger partial charge in [-0.3, -0.25) is 4.79 Å². The van der Waals surface area contributed by atoms with E-state index in [0.29, 0.717) is 0 Å². The van der Waals surface area contributed by atoms with Gasteiger partial charge in [0, 0.05) is 11.5 Å². The van der Waals surface area contributed by atoms with Crippen LogP contribution in [0.1, 0.15) is 74.7 Å². The van der Waals surface area contributed by atoms with Crippen molar-refractivity contribution in [1.82, 2.24) is 5.32 Å². The molecule has 1 amide bonds. The van der Waals surface area contributed by atoms with E-state index in [2.05, 4.69) is 67.3 Å². The third-order valence-electron chi connectivity index (χ3n) is 5.09. The molecule has 1 unspecified atom stereocenters. The molecule has 0 aromatic carbocycles. The largest absolute Gasteiger partial charge is 0.353 e. The maximum atomic E-state index is 12.6. The van der Waals surface area contributed by atoms with Gasteiger partial charge in [0.15, 0.2) is 0 Å². The molecule has 24 heavy (non-hydrogen) atoms. The topological polar surface area (TPSA) is 29.1 Å². The van der Waals surface area contributed by atoms with Crippen LogP contribution in [0.15, 0.2) is 12.7 Å². The minimum atomic E-state index is -0.317. The first-order valence-corrected chi connectivity index (χ1v) is 9.68. The van der Waals surface area contributed by atoms with Crippen LogP contribution in [0.25, 0.3) is 0 Å². The summed E-state index contributed by atoms with van der Waals surface area (Å²) in [6, 6.07) is 0.232. The highest BCUT2D eigenvalue weighted by atomic mass is 16.2. The second kappa shape index (κ2) is 9.60. The smallest absolute Gasteiger partial charge is 0.225 e. The minimum Gasteiger partial charge on any atom is -0.353 e. The lowest BCUT2D eigenvalue weighted by atomic mass is 9.75. The first kappa shape index (κ1) is 23.2. The number of nitrogens with zero attached hydrogens (tertiary/aromatic N) is 1. The lowest BCUT2D eigenvalue weighted by Crippen LogP contribution is -2.49. The first-order valence-electron chi connectivity index (χ1n) is 9.68. The zero-order valence-electron chi connectivity index (χ0n) is 17.7. The summed E-state index contributed by atoms with van der Waals surface area (Å²) in [7, 11) is 0. The molecular formula is C21H43N2O+. The number of rotatable bonds is 11. The summed E-state index contributed by atoms with van der Waals surface area (Å²) in [6.07, 6.45) is 5.10. The van der Waals surface area contributed by atoms with Crippen LogP contribution in [-0.2, 0) is 4.79 Å². The van der Waals surface area contributed by atoms with Gasteiger partial charge in [-0.05, 0) is 51.5 Å². The van der Waals surface area contributed by atoms with Crippen LogP contribution in [0.2, 0.25) is 0 Å². The minimum absolute atomic E-state index is 0.161. The monoisotopic (exact) mass is 339 g/mol. The number of quaternary nitrogens is 1. The van der Waals surface area contributed by atoms with Crippen molar-refractivity contribution >= 4 is 5.91 Å². The van der Waals surface area contributed by atoms with Gasteiger partial charge in [0.1, 0.15) is 0 Å². The Balaban J connectivity index is 4.46. The normalized spacial score (nSPS) is 14.3. The summed E-state index contributed by atoms with van der Waals surface area (Å²) >= 11 is 0. The molecule has 1 N–H and O–H groups in total. The molecule has 0 spiro atoms. The second-order valence-corrected chi connectivity index (χ2v) is 9.31. The van der Waals surface area contributed by atoms with E-state index in [1.165, 1.54) is 0 Å². The molecule has 0 bridgehead atoms.